The van der Waals surface area contributed by atoms with Crippen molar-refractivity contribution in [3.8, 4) is 11.1 Å². The first-order valence-electron chi connectivity index (χ1n) is 9.86. The molecule has 1 aliphatic heterocycles. The molecule has 0 saturated heterocycles. The van der Waals surface area contributed by atoms with Crippen molar-refractivity contribution in [2.75, 3.05) is 6.54 Å². The van der Waals surface area contributed by atoms with Crippen LogP contribution in [0.3, 0.4) is 0 Å². The van der Waals surface area contributed by atoms with Crippen LogP contribution in [0.4, 0.5) is 0 Å². The van der Waals surface area contributed by atoms with Crippen LogP contribution in [0.1, 0.15) is 37.7 Å². The van der Waals surface area contributed by atoms with E-state index in [4.69, 9.17) is 11.6 Å². The molecule has 28 heavy (non-hydrogen) atoms. The first-order valence-corrected chi connectivity index (χ1v) is 10.2. The van der Waals surface area contributed by atoms with Crippen molar-refractivity contribution in [3.63, 3.8) is 0 Å². The van der Waals surface area contributed by atoms with Crippen molar-refractivity contribution in [2.45, 2.75) is 38.1 Å². The standard InChI is InChI=1S/C22H22ClN5/c23-21-9-15(6-7-28(21)18-4-2-1-3-5-18)20-13-27-22-19(20)8-16(12-26-22)17-10-24-14-25-11-17/h6,8-14,18H,1-5,7H2,(H,26,27). The molecule has 0 spiro atoms. The Balaban J connectivity index is 1.47. The highest BCUT2D eigenvalue weighted by molar-refractivity contribution is 6.30. The SMILES string of the molecule is ClC1=CC(c2c[nH]c3ncc(-c4cncnc4)cc23)=CCN1C1CCCCC1. The predicted octanol–water partition coefficient (Wildman–Crippen LogP) is 5.13. The van der Waals surface area contributed by atoms with E-state index in [1.54, 1.807) is 12.4 Å². The molecule has 6 heteroatoms. The third-order valence-electron chi connectivity index (χ3n) is 5.81. The Morgan fingerprint density at radius 1 is 1.04 bits per heavy atom. The molecule has 0 amide bonds. The Kier molecular flexibility index (Phi) is 4.61. The van der Waals surface area contributed by atoms with Gasteiger partial charge >= 0.3 is 0 Å². The third kappa shape index (κ3) is 3.20. The lowest BCUT2D eigenvalue weighted by atomic mass is 9.93. The summed E-state index contributed by atoms with van der Waals surface area (Å²) in [7, 11) is 0. The topological polar surface area (TPSA) is 57.7 Å². The van der Waals surface area contributed by atoms with Gasteiger partial charge in [-0.2, -0.15) is 0 Å². The molecule has 0 aromatic carbocycles. The van der Waals surface area contributed by atoms with Gasteiger partial charge in [-0.1, -0.05) is 36.9 Å². The van der Waals surface area contributed by atoms with Gasteiger partial charge in [-0.25, -0.2) is 15.0 Å². The maximum atomic E-state index is 6.71. The number of aromatic amines is 1. The zero-order valence-electron chi connectivity index (χ0n) is 15.6. The highest BCUT2D eigenvalue weighted by Crippen LogP contribution is 2.34. The summed E-state index contributed by atoms with van der Waals surface area (Å²) in [5.41, 5.74) is 5.10. The number of rotatable bonds is 3. The minimum Gasteiger partial charge on any atom is -0.356 e. The van der Waals surface area contributed by atoms with Gasteiger partial charge in [0.1, 0.15) is 17.1 Å². The van der Waals surface area contributed by atoms with Crippen LogP contribution in [0, 0.1) is 0 Å². The Morgan fingerprint density at radius 2 is 1.86 bits per heavy atom. The van der Waals surface area contributed by atoms with Crippen molar-refractivity contribution >= 4 is 28.2 Å². The van der Waals surface area contributed by atoms with Crippen LogP contribution in [-0.4, -0.2) is 37.4 Å². The second-order valence-electron chi connectivity index (χ2n) is 7.52. The molecular weight excluding hydrogens is 370 g/mol. The molecule has 0 bridgehead atoms. The van der Waals surface area contributed by atoms with E-state index in [1.807, 2.05) is 12.4 Å². The van der Waals surface area contributed by atoms with Gasteiger partial charge in [-0.3, -0.25) is 0 Å². The number of halogens is 1. The van der Waals surface area contributed by atoms with E-state index < -0.39 is 0 Å². The normalized spacial score (nSPS) is 18.2. The predicted molar refractivity (Wildman–Crippen MR) is 113 cm³/mol. The molecule has 1 N–H and O–H groups in total. The lowest BCUT2D eigenvalue weighted by Crippen LogP contribution is -2.36. The molecule has 4 heterocycles. The second-order valence-corrected chi connectivity index (χ2v) is 7.91. The molecule has 5 rings (SSSR count). The minimum atomic E-state index is 0.574. The van der Waals surface area contributed by atoms with Crippen molar-refractivity contribution in [3.05, 3.63) is 60.1 Å². The summed E-state index contributed by atoms with van der Waals surface area (Å²) >= 11 is 6.71. The molecule has 0 radical (unpaired) electrons. The lowest BCUT2D eigenvalue weighted by molar-refractivity contribution is 0.227. The fourth-order valence-electron chi connectivity index (χ4n) is 4.31. The summed E-state index contributed by atoms with van der Waals surface area (Å²) in [5.74, 6) is 0. The van der Waals surface area contributed by atoms with Gasteiger partial charge in [-0.15, -0.1) is 0 Å². The Hall–Kier alpha value is -2.66. The largest absolute Gasteiger partial charge is 0.356 e. The number of nitrogens with zero attached hydrogens (tertiary/aromatic N) is 4. The molecule has 3 aromatic rings. The van der Waals surface area contributed by atoms with Crippen molar-refractivity contribution in [2.24, 2.45) is 0 Å². The molecule has 3 aromatic heterocycles. The maximum absolute atomic E-state index is 6.71. The molecule has 2 aliphatic rings. The Bertz CT molecular complexity index is 1050. The van der Waals surface area contributed by atoms with Gasteiger partial charge in [0.15, 0.2) is 0 Å². The zero-order chi connectivity index (χ0) is 18.9. The third-order valence-corrected chi connectivity index (χ3v) is 6.13. The van der Waals surface area contributed by atoms with Crippen molar-refractivity contribution in [1.29, 1.82) is 0 Å². The Labute approximate surface area is 169 Å². The van der Waals surface area contributed by atoms with Crippen LogP contribution in [0.15, 0.2) is 54.5 Å². The second kappa shape index (κ2) is 7.40. The van der Waals surface area contributed by atoms with E-state index in [1.165, 1.54) is 38.4 Å². The van der Waals surface area contributed by atoms with E-state index in [0.29, 0.717) is 6.04 Å². The van der Waals surface area contributed by atoms with E-state index in [-0.39, 0.29) is 0 Å². The van der Waals surface area contributed by atoms with Gasteiger partial charge < -0.3 is 9.88 Å². The fraction of sp³-hybridized carbons (Fsp3) is 0.318. The number of H-pyrrole nitrogens is 1. The van der Waals surface area contributed by atoms with Crippen LogP contribution in [0.5, 0.6) is 0 Å². The quantitative estimate of drug-likeness (QED) is 0.628. The van der Waals surface area contributed by atoms with Crippen LogP contribution in [-0.2, 0) is 0 Å². The van der Waals surface area contributed by atoms with Crippen molar-refractivity contribution in [1.82, 2.24) is 24.8 Å². The molecule has 1 fully saturated rings. The van der Waals surface area contributed by atoms with Crippen LogP contribution < -0.4 is 0 Å². The number of aromatic nitrogens is 4. The molecule has 1 saturated carbocycles. The summed E-state index contributed by atoms with van der Waals surface area (Å²) in [6.07, 6.45) is 19.8. The number of hydrogen-bond acceptors (Lipinski definition) is 4. The van der Waals surface area contributed by atoms with E-state index in [9.17, 15) is 0 Å². The smallest absolute Gasteiger partial charge is 0.137 e. The lowest BCUT2D eigenvalue weighted by Gasteiger charge is -2.36. The van der Waals surface area contributed by atoms with Gasteiger partial charge in [0.25, 0.3) is 0 Å². The van der Waals surface area contributed by atoms with E-state index >= 15 is 0 Å². The van der Waals surface area contributed by atoms with Crippen molar-refractivity contribution < 1.29 is 0 Å². The summed E-state index contributed by atoms with van der Waals surface area (Å²) < 4.78 is 0. The van der Waals surface area contributed by atoms with Gasteiger partial charge in [0, 0.05) is 59.5 Å². The van der Waals surface area contributed by atoms with Crippen LogP contribution in [0.2, 0.25) is 0 Å². The number of fused-ring (bicyclic) bond motifs is 1. The maximum Gasteiger partial charge on any atom is 0.137 e. The zero-order valence-corrected chi connectivity index (χ0v) is 16.4. The first kappa shape index (κ1) is 17.4. The van der Waals surface area contributed by atoms with E-state index in [2.05, 4.69) is 43.1 Å². The summed E-state index contributed by atoms with van der Waals surface area (Å²) in [4.78, 5) is 18.4. The van der Waals surface area contributed by atoms with Crippen LogP contribution in [0.25, 0.3) is 27.7 Å². The summed E-state index contributed by atoms with van der Waals surface area (Å²) in [6, 6.07) is 2.72. The summed E-state index contributed by atoms with van der Waals surface area (Å²) in [6.45, 7) is 0.863. The van der Waals surface area contributed by atoms with Crippen LogP contribution >= 0.6 is 11.6 Å². The first-order chi connectivity index (χ1) is 13.8. The molecule has 5 nitrogen and oxygen atoms in total. The average Bonchev–Trinajstić information content (AvgIpc) is 3.18. The molecule has 142 valence electrons. The Morgan fingerprint density at radius 3 is 2.64 bits per heavy atom. The number of pyridine rings is 1. The molecular formula is C22H22ClN5. The fourth-order valence-corrected chi connectivity index (χ4v) is 4.63. The van der Waals surface area contributed by atoms with Gasteiger partial charge in [0.2, 0.25) is 0 Å². The minimum absolute atomic E-state index is 0.574. The number of nitrogens with one attached hydrogen (secondary N) is 1. The number of allylic oxidation sites excluding steroid dienone is 2. The number of hydrogen-bond donors (Lipinski definition) is 1. The highest BCUT2D eigenvalue weighted by Gasteiger charge is 2.24. The molecule has 0 atom stereocenters. The molecule has 0 unspecified atom stereocenters. The summed E-state index contributed by atoms with van der Waals surface area (Å²) in [5, 5.41) is 1.93. The van der Waals surface area contributed by atoms with Gasteiger partial charge in [0.05, 0.1) is 0 Å². The van der Waals surface area contributed by atoms with E-state index in [0.717, 1.165) is 45.0 Å². The monoisotopic (exact) mass is 391 g/mol. The highest BCUT2D eigenvalue weighted by atomic mass is 35.5. The molecule has 1 aliphatic carbocycles. The van der Waals surface area contributed by atoms with Gasteiger partial charge in [-0.05, 0) is 30.6 Å². The average molecular weight is 392 g/mol.